The maximum atomic E-state index is 3.91. The van der Waals surface area contributed by atoms with E-state index >= 15 is 0 Å². The molecular weight excluding hydrogens is 234 g/mol. The van der Waals surface area contributed by atoms with Gasteiger partial charge in [0.25, 0.3) is 0 Å². The second-order valence-corrected chi connectivity index (χ2v) is 4.16. The SMILES string of the molecule is C=CC1=C(C=C)C(NC)=C(NC)c2ccccc2N1. The molecule has 1 aliphatic heterocycles. The van der Waals surface area contributed by atoms with Crippen LogP contribution >= 0.6 is 0 Å². The standard InChI is InChI=1S/C16H19N3/c1-5-11-13(6-2)19-14-10-8-7-9-12(14)16(18-4)15(11)17-3/h5-10,17-19H,1-2H2,3-4H3. The summed E-state index contributed by atoms with van der Waals surface area (Å²) in [5.41, 5.74) is 6.15. The van der Waals surface area contributed by atoms with Crippen molar-refractivity contribution >= 4 is 11.4 Å². The number of allylic oxidation sites excluding steroid dienone is 2. The number of nitrogens with one attached hydrogen (secondary N) is 3. The molecule has 0 spiro atoms. The van der Waals surface area contributed by atoms with E-state index < -0.39 is 0 Å². The smallest absolute Gasteiger partial charge is 0.0674 e. The highest BCUT2D eigenvalue weighted by molar-refractivity contribution is 5.83. The molecule has 98 valence electrons. The van der Waals surface area contributed by atoms with Gasteiger partial charge in [-0.15, -0.1) is 0 Å². The summed E-state index contributed by atoms with van der Waals surface area (Å²) in [6.45, 7) is 7.78. The molecule has 1 heterocycles. The monoisotopic (exact) mass is 253 g/mol. The number of rotatable bonds is 4. The number of hydrogen-bond acceptors (Lipinski definition) is 3. The topological polar surface area (TPSA) is 36.1 Å². The molecule has 0 bridgehead atoms. The third-order valence-electron chi connectivity index (χ3n) is 3.18. The summed E-state index contributed by atoms with van der Waals surface area (Å²) in [6, 6.07) is 8.17. The van der Waals surface area contributed by atoms with Crippen LogP contribution in [0.15, 0.2) is 66.5 Å². The first kappa shape index (κ1) is 13.0. The lowest BCUT2D eigenvalue weighted by Gasteiger charge is -2.15. The van der Waals surface area contributed by atoms with Gasteiger partial charge in [0.15, 0.2) is 0 Å². The Morgan fingerprint density at radius 2 is 1.68 bits per heavy atom. The van der Waals surface area contributed by atoms with Crippen molar-refractivity contribution in [1.29, 1.82) is 0 Å². The van der Waals surface area contributed by atoms with Crippen molar-refractivity contribution in [3.8, 4) is 0 Å². The minimum atomic E-state index is 0.942. The van der Waals surface area contributed by atoms with E-state index in [4.69, 9.17) is 0 Å². The molecule has 0 atom stereocenters. The Kier molecular flexibility index (Phi) is 3.76. The largest absolute Gasteiger partial charge is 0.386 e. The summed E-state index contributed by atoms with van der Waals surface area (Å²) in [4.78, 5) is 0. The fourth-order valence-electron chi connectivity index (χ4n) is 2.32. The average Bonchev–Trinajstić information content (AvgIpc) is 2.59. The van der Waals surface area contributed by atoms with E-state index in [-0.39, 0.29) is 0 Å². The van der Waals surface area contributed by atoms with Crippen LogP contribution in [0.4, 0.5) is 5.69 Å². The van der Waals surface area contributed by atoms with Gasteiger partial charge in [-0.05, 0) is 12.1 Å². The predicted octanol–water partition coefficient (Wildman–Crippen LogP) is 2.85. The van der Waals surface area contributed by atoms with Gasteiger partial charge in [0.2, 0.25) is 0 Å². The molecule has 0 aromatic heterocycles. The minimum Gasteiger partial charge on any atom is -0.386 e. The van der Waals surface area contributed by atoms with Crippen LogP contribution in [0.1, 0.15) is 5.56 Å². The molecule has 0 unspecified atom stereocenters. The molecule has 0 saturated heterocycles. The van der Waals surface area contributed by atoms with Crippen molar-refractivity contribution in [1.82, 2.24) is 10.6 Å². The summed E-state index contributed by atoms with van der Waals surface area (Å²) in [5.74, 6) is 0. The molecule has 0 saturated carbocycles. The van der Waals surface area contributed by atoms with Crippen molar-refractivity contribution in [2.45, 2.75) is 0 Å². The van der Waals surface area contributed by atoms with Gasteiger partial charge in [0.05, 0.1) is 11.4 Å². The Hall–Kier alpha value is -2.42. The van der Waals surface area contributed by atoms with Crippen LogP contribution in [-0.2, 0) is 0 Å². The quantitative estimate of drug-likeness (QED) is 0.772. The van der Waals surface area contributed by atoms with Crippen LogP contribution in [0.3, 0.4) is 0 Å². The van der Waals surface area contributed by atoms with Gasteiger partial charge in [0, 0.05) is 36.6 Å². The van der Waals surface area contributed by atoms with Gasteiger partial charge in [-0.2, -0.15) is 0 Å². The number of anilines is 1. The lowest BCUT2D eigenvalue weighted by Crippen LogP contribution is -2.17. The highest BCUT2D eigenvalue weighted by Gasteiger charge is 2.19. The Morgan fingerprint density at radius 1 is 1.00 bits per heavy atom. The predicted molar refractivity (Wildman–Crippen MR) is 82.5 cm³/mol. The molecule has 0 radical (unpaired) electrons. The summed E-state index contributed by atoms with van der Waals surface area (Å²) >= 11 is 0. The maximum Gasteiger partial charge on any atom is 0.0674 e. The van der Waals surface area contributed by atoms with Gasteiger partial charge in [-0.3, -0.25) is 0 Å². The minimum absolute atomic E-state index is 0.942. The molecule has 19 heavy (non-hydrogen) atoms. The second kappa shape index (κ2) is 5.48. The molecule has 1 aromatic rings. The Balaban J connectivity index is 2.80. The number of fused-ring (bicyclic) bond motifs is 1. The Bertz CT molecular complexity index is 579. The fraction of sp³-hybridized carbons (Fsp3) is 0.125. The molecule has 3 heteroatoms. The van der Waals surface area contributed by atoms with Crippen LogP contribution in [-0.4, -0.2) is 14.1 Å². The molecular formula is C16H19N3. The van der Waals surface area contributed by atoms with E-state index in [0.717, 1.165) is 33.9 Å². The fourth-order valence-corrected chi connectivity index (χ4v) is 2.32. The lowest BCUT2D eigenvalue weighted by atomic mass is 10.0. The van der Waals surface area contributed by atoms with E-state index in [0.29, 0.717) is 0 Å². The first-order valence-corrected chi connectivity index (χ1v) is 6.22. The van der Waals surface area contributed by atoms with Crippen molar-refractivity contribution < 1.29 is 0 Å². The zero-order valence-corrected chi connectivity index (χ0v) is 11.4. The van der Waals surface area contributed by atoms with Crippen molar-refractivity contribution in [3.63, 3.8) is 0 Å². The molecule has 1 aliphatic rings. The first-order valence-electron chi connectivity index (χ1n) is 6.22. The summed E-state index contributed by atoms with van der Waals surface area (Å²) in [6.07, 6.45) is 3.64. The third kappa shape index (κ3) is 2.15. The maximum absolute atomic E-state index is 3.91. The molecule has 1 aromatic carbocycles. The average molecular weight is 253 g/mol. The molecule has 3 N–H and O–H groups in total. The highest BCUT2D eigenvalue weighted by Crippen LogP contribution is 2.32. The van der Waals surface area contributed by atoms with Crippen LogP contribution < -0.4 is 16.0 Å². The van der Waals surface area contributed by atoms with Gasteiger partial charge in [0.1, 0.15) is 0 Å². The zero-order valence-electron chi connectivity index (χ0n) is 11.4. The van der Waals surface area contributed by atoms with E-state index in [1.54, 1.807) is 0 Å². The number of benzene rings is 1. The van der Waals surface area contributed by atoms with E-state index in [1.807, 2.05) is 38.4 Å². The number of hydrogen-bond donors (Lipinski definition) is 3. The van der Waals surface area contributed by atoms with Crippen molar-refractivity contribution in [2.24, 2.45) is 0 Å². The van der Waals surface area contributed by atoms with Crippen molar-refractivity contribution in [3.05, 3.63) is 72.1 Å². The molecule has 0 fully saturated rings. The number of likely N-dealkylation sites (N-methyl/N-ethyl adjacent to an activating group) is 1. The normalized spacial score (nSPS) is 14.2. The van der Waals surface area contributed by atoms with Crippen LogP contribution in [0.5, 0.6) is 0 Å². The van der Waals surface area contributed by atoms with Crippen LogP contribution in [0.2, 0.25) is 0 Å². The highest BCUT2D eigenvalue weighted by atomic mass is 15.0. The Labute approximate surface area is 114 Å². The first-order chi connectivity index (χ1) is 9.26. The van der Waals surface area contributed by atoms with E-state index in [1.165, 1.54) is 0 Å². The molecule has 3 nitrogen and oxygen atoms in total. The van der Waals surface area contributed by atoms with Crippen molar-refractivity contribution in [2.75, 3.05) is 19.4 Å². The van der Waals surface area contributed by atoms with E-state index in [2.05, 4.69) is 41.2 Å². The van der Waals surface area contributed by atoms with Crippen LogP contribution in [0.25, 0.3) is 5.70 Å². The van der Waals surface area contributed by atoms with Gasteiger partial charge in [-0.1, -0.05) is 37.4 Å². The third-order valence-corrected chi connectivity index (χ3v) is 3.18. The summed E-state index contributed by atoms with van der Waals surface area (Å²) in [5, 5.41) is 9.93. The molecule has 2 rings (SSSR count). The van der Waals surface area contributed by atoms with Crippen LogP contribution in [0, 0.1) is 0 Å². The second-order valence-electron chi connectivity index (χ2n) is 4.16. The zero-order chi connectivity index (χ0) is 13.8. The Morgan fingerprint density at radius 3 is 2.26 bits per heavy atom. The molecule has 0 amide bonds. The molecule has 0 aliphatic carbocycles. The summed E-state index contributed by atoms with van der Waals surface area (Å²) in [7, 11) is 3.83. The number of para-hydroxylation sites is 1. The van der Waals surface area contributed by atoms with Gasteiger partial charge < -0.3 is 16.0 Å². The van der Waals surface area contributed by atoms with Gasteiger partial charge >= 0.3 is 0 Å². The summed E-state index contributed by atoms with van der Waals surface area (Å²) < 4.78 is 0. The van der Waals surface area contributed by atoms with E-state index in [9.17, 15) is 0 Å². The van der Waals surface area contributed by atoms with Gasteiger partial charge in [-0.25, -0.2) is 0 Å². The lowest BCUT2D eigenvalue weighted by molar-refractivity contribution is 0.979.